The average molecular weight is 198 g/mol. The second kappa shape index (κ2) is 4.17. The zero-order chi connectivity index (χ0) is 9.97. The van der Waals surface area contributed by atoms with Crippen LogP contribution in [0.4, 0.5) is 4.79 Å². The van der Waals surface area contributed by atoms with Crippen molar-refractivity contribution in [2.75, 3.05) is 13.1 Å². The molecule has 1 atom stereocenters. The molecule has 4 heteroatoms. The van der Waals surface area contributed by atoms with Gasteiger partial charge in [0.2, 0.25) is 0 Å². The highest BCUT2D eigenvalue weighted by Gasteiger charge is 2.36. The van der Waals surface area contributed by atoms with Crippen LogP contribution in [0, 0.1) is 0 Å². The summed E-state index contributed by atoms with van der Waals surface area (Å²) < 4.78 is 5.23. The molecular weight excluding hydrogens is 180 g/mol. The molecule has 0 aromatic carbocycles. The van der Waals surface area contributed by atoms with Crippen molar-refractivity contribution in [1.82, 2.24) is 4.90 Å². The highest BCUT2D eigenvalue weighted by molar-refractivity contribution is 5.70. The molecule has 1 amide bonds. The van der Waals surface area contributed by atoms with Crippen molar-refractivity contribution in [3.8, 4) is 0 Å². The van der Waals surface area contributed by atoms with E-state index in [1.807, 2.05) is 4.90 Å². The maximum atomic E-state index is 11.5. The number of nitrogens with zero attached hydrogens (tertiary/aromatic N) is 1. The van der Waals surface area contributed by atoms with Crippen LogP contribution in [0.2, 0.25) is 0 Å². The standard InChI is InChI=1S/C10H18N2O2/c11-6-5-9-7-12(10(13)14-9)8-3-1-2-4-8/h8-9H,1-7,11H2. The van der Waals surface area contributed by atoms with Crippen molar-refractivity contribution in [3.05, 3.63) is 0 Å². The van der Waals surface area contributed by atoms with Crippen LogP contribution in [-0.2, 0) is 4.74 Å². The van der Waals surface area contributed by atoms with E-state index in [0.717, 1.165) is 25.8 Å². The summed E-state index contributed by atoms with van der Waals surface area (Å²) in [6.07, 6.45) is 5.47. The molecule has 2 rings (SSSR count). The van der Waals surface area contributed by atoms with E-state index in [0.29, 0.717) is 12.6 Å². The Balaban J connectivity index is 1.90. The van der Waals surface area contributed by atoms with Crippen LogP contribution in [0.15, 0.2) is 0 Å². The molecule has 1 heterocycles. The molecular formula is C10H18N2O2. The van der Waals surface area contributed by atoms with E-state index in [-0.39, 0.29) is 12.2 Å². The van der Waals surface area contributed by atoms with Crippen LogP contribution >= 0.6 is 0 Å². The Morgan fingerprint density at radius 2 is 2.14 bits per heavy atom. The van der Waals surface area contributed by atoms with Gasteiger partial charge in [-0.2, -0.15) is 0 Å². The highest BCUT2D eigenvalue weighted by Crippen LogP contribution is 2.27. The van der Waals surface area contributed by atoms with Gasteiger partial charge in [-0.05, 0) is 25.8 Å². The van der Waals surface area contributed by atoms with Crippen molar-refractivity contribution < 1.29 is 9.53 Å². The van der Waals surface area contributed by atoms with Crippen LogP contribution in [0.3, 0.4) is 0 Å². The number of nitrogens with two attached hydrogens (primary N) is 1. The number of carbonyl (C=O) groups excluding carboxylic acids is 1. The quantitative estimate of drug-likeness (QED) is 0.738. The largest absolute Gasteiger partial charge is 0.444 e. The van der Waals surface area contributed by atoms with Gasteiger partial charge < -0.3 is 15.4 Å². The second-order valence-electron chi connectivity index (χ2n) is 4.17. The predicted octanol–water partition coefficient (Wildman–Crippen LogP) is 1.10. The molecule has 2 aliphatic rings. The highest BCUT2D eigenvalue weighted by atomic mass is 16.6. The summed E-state index contributed by atoms with van der Waals surface area (Å²) in [5.74, 6) is 0. The summed E-state index contributed by atoms with van der Waals surface area (Å²) in [5.41, 5.74) is 5.44. The normalized spacial score (nSPS) is 28.5. The van der Waals surface area contributed by atoms with E-state index in [2.05, 4.69) is 0 Å². The summed E-state index contributed by atoms with van der Waals surface area (Å²) in [6.45, 7) is 1.34. The summed E-state index contributed by atoms with van der Waals surface area (Å²) in [5, 5.41) is 0. The van der Waals surface area contributed by atoms with E-state index < -0.39 is 0 Å². The SMILES string of the molecule is NCCC1CN(C2CCCC2)C(=O)O1. The van der Waals surface area contributed by atoms with Crippen molar-refractivity contribution in [3.63, 3.8) is 0 Å². The first-order valence-electron chi connectivity index (χ1n) is 5.48. The lowest BCUT2D eigenvalue weighted by molar-refractivity contribution is 0.126. The molecule has 80 valence electrons. The maximum Gasteiger partial charge on any atom is 0.410 e. The van der Waals surface area contributed by atoms with Crippen molar-refractivity contribution in [2.24, 2.45) is 5.73 Å². The molecule has 0 aromatic heterocycles. The van der Waals surface area contributed by atoms with Gasteiger partial charge in [0.15, 0.2) is 0 Å². The average Bonchev–Trinajstić information content (AvgIpc) is 2.74. The number of cyclic esters (lactones) is 1. The molecule has 2 fully saturated rings. The summed E-state index contributed by atoms with van der Waals surface area (Å²) >= 11 is 0. The molecule has 1 saturated carbocycles. The van der Waals surface area contributed by atoms with E-state index in [9.17, 15) is 4.79 Å². The minimum Gasteiger partial charge on any atom is -0.444 e. The third-order valence-corrected chi connectivity index (χ3v) is 3.16. The topological polar surface area (TPSA) is 55.6 Å². The smallest absolute Gasteiger partial charge is 0.410 e. The summed E-state index contributed by atoms with van der Waals surface area (Å²) in [7, 11) is 0. The molecule has 1 aliphatic carbocycles. The van der Waals surface area contributed by atoms with Gasteiger partial charge >= 0.3 is 6.09 Å². The monoisotopic (exact) mass is 198 g/mol. The molecule has 1 aliphatic heterocycles. The summed E-state index contributed by atoms with van der Waals surface area (Å²) in [6, 6.07) is 0.435. The fraction of sp³-hybridized carbons (Fsp3) is 0.900. The molecule has 4 nitrogen and oxygen atoms in total. The zero-order valence-corrected chi connectivity index (χ0v) is 8.45. The zero-order valence-electron chi connectivity index (χ0n) is 8.45. The van der Waals surface area contributed by atoms with Crippen LogP contribution in [0.1, 0.15) is 32.1 Å². The fourth-order valence-electron chi connectivity index (χ4n) is 2.39. The van der Waals surface area contributed by atoms with Crippen LogP contribution in [0.25, 0.3) is 0 Å². The van der Waals surface area contributed by atoms with Crippen molar-refractivity contribution >= 4 is 6.09 Å². The van der Waals surface area contributed by atoms with E-state index in [4.69, 9.17) is 10.5 Å². The first-order valence-corrected chi connectivity index (χ1v) is 5.48. The number of ether oxygens (including phenoxy) is 1. The molecule has 2 N–H and O–H groups in total. The van der Waals surface area contributed by atoms with Gasteiger partial charge in [0.25, 0.3) is 0 Å². The molecule has 0 bridgehead atoms. The van der Waals surface area contributed by atoms with Gasteiger partial charge in [0.1, 0.15) is 6.10 Å². The van der Waals surface area contributed by atoms with E-state index >= 15 is 0 Å². The minimum absolute atomic E-state index is 0.0353. The first-order chi connectivity index (χ1) is 6.81. The minimum atomic E-state index is -0.129. The Morgan fingerprint density at radius 3 is 2.79 bits per heavy atom. The van der Waals surface area contributed by atoms with E-state index in [1.165, 1.54) is 12.8 Å². The van der Waals surface area contributed by atoms with Crippen LogP contribution in [-0.4, -0.2) is 36.2 Å². The Bertz CT molecular complexity index is 214. The number of hydrogen-bond donors (Lipinski definition) is 1. The van der Waals surface area contributed by atoms with Crippen molar-refractivity contribution in [1.29, 1.82) is 0 Å². The Kier molecular flexibility index (Phi) is 2.91. The molecule has 0 spiro atoms. The van der Waals surface area contributed by atoms with Crippen LogP contribution < -0.4 is 5.73 Å². The fourth-order valence-corrected chi connectivity index (χ4v) is 2.39. The lowest BCUT2D eigenvalue weighted by Crippen LogP contribution is -2.34. The Morgan fingerprint density at radius 1 is 1.43 bits per heavy atom. The predicted molar refractivity (Wildman–Crippen MR) is 52.9 cm³/mol. The number of carbonyl (C=O) groups is 1. The number of amides is 1. The third kappa shape index (κ3) is 1.85. The number of hydrogen-bond acceptors (Lipinski definition) is 3. The molecule has 14 heavy (non-hydrogen) atoms. The summed E-state index contributed by atoms with van der Waals surface area (Å²) in [4.78, 5) is 13.4. The van der Waals surface area contributed by atoms with E-state index in [1.54, 1.807) is 0 Å². The van der Waals surface area contributed by atoms with Crippen LogP contribution in [0.5, 0.6) is 0 Å². The second-order valence-corrected chi connectivity index (χ2v) is 4.17. The molecule has 0 aromatic rings. The van der Waals surface area contributed by atoms with Gasteiger partial charge in [-0.25, -0.2) is 4.79 Å². The third-order valence-electron chi connectivity index (χ3n) is 3.16. The molecule has 0 radical (unpaired) electrons. The Labute approximate surface area is 84.4 Å². The maximum absolute atomic E-state index is 11.5. The van der Waals surface area contributed by atoms with Gasteiger partial charge in [-0.15, -0.1) is 0 Å². The van der Waals surface area contributed by atoms with Gasteiger partial charge in [-0.3, -0.25) is 0 Å². The molecule has 1 saturated heterocycles. The van der Waals surface area contributed by atoms with Crippen molar-refractivity contribution in [2.45, 2.75) is 44.2 Å². The first kappa shape index (κ1) is 9.77. The van der Waals surface area contributed by atoms with Gasteiger partial charge in [0.05, 0.1) is 6.54 Å². The Hall–Kier alpha value is -0.770. The molecule has 1 unspecified atom stereocenters. The van der Waals surface area contributed by atoms with Gasteiger partial charge in [0, 0.05) is 6.04 Å². The number of rotatable bonds is 3. The van der Waals surface area contributed by atoms with Gasteiger partial charge in [-0.1, -0.05) is 12.8 Å². The lowest BCUT2D eigenvalue weighted by Gasteiger charge is -2.20. The lowest BCUT2D eigenvalue weighted by atomic mass is 10.2.